The summed E-state index contributed by atoms with van der Waals surface area (Å²) in [4.78, 5) is 37.7. The number of ether oxygens (including phenoxy) is 4. The van der Waals surface area contributed by atoms with Gasteiger partial charge in [0.05, 0.1) is 40.3 Å². The minimum absolute atomic E-state index is 0.151. The molecular formula is C94H175NO8. The zero-order chi connectivity index (χ0) is 74.6. The number of aliphatic carboxylic acids is 1. The molecule has 0 aromatic carbocycles. The normalized spacial score (nSPS) is 12.8. The first-order chi connectivity index (χ1) is 50.6. The summed E-state index contributed by atoms with van der Waals surface area (Å²) < 4.78 is 22.9. The number of esters is 2. The molecule has 103 heavy (non-hydrogen) atoms. The highest BCUT2D eigenvalue weighted by molar-refractivity contribution is 5.70. The highest BCUT2D eigenvalue weighted by Gasteiger charge is 2.22. The third-order valence-corrected chi connectivity index (χ3v) is 20.7. The van der Waals surface area contributed by atoms with Crippen molar-refractivity contribution in [2.45, 2.75) is 476 Å². The third-order valence-electron chi connectivity index (χ3n) is 20.7. The number of hydrogen-bond donors (Lipinski definition) is 0. The maximum Gasteiger partial charge on any atom is 0.306 e. The molecular weight excluding hydrogens is 1270 g/mol. The third kappa shape index (κ3) is 86.1. The molecule has 0 rings (SSSR count). The second kappa shape index (κ2) is 84.6. The number of carbonyl (C=O) groups excluding carboxylic acids is 3. The fraction of sp³-hybridized carbons (Fsp3) is 0.862. The van der Waals surface area contributed by atoms with Gasteiger partial charge in [0.25, 0.3) is 0 Å². The van der Waals surface area contributed by atoms with Gasteiger partial charge in [0.15, 0.2) is 12.4 Å². The number of allylic oxidation sites excluding steroid dienone is 10. The van der Waals surface area contributed by atoms with Crippen LogP contribution in [0.25, 0.3) is 0 Å². The first kappa shape index (κ1) is 100.0. The number of carbonyl (C=O) groups is 3. The number of carboxylic acid groups (broad SMARTS) is 1. The monoisotopic (exact) mass is 1450 g/mol. The Balaban J connectivity index is 3.89. The summed E-state index contributed by atoms with van der Waals surface area (Å²) in [6, 6.07) is 0. The minimum atomic E-state index is -1.62. The number of unbranched alkanes of at least 4 members (excludes halogenated alkanes) is 61. The van der Waals surface area contributed by atoms with Gasteiger partial charge in [-0.05, 0) is 83.5 Å². The fourth-order valence-corrected chi connectivity index (χ4v) is 13.8. The molecule has 0 saturated carbocycles. The lowest BCUT2D eigenvalue weighted by Gasteiger charge is -2.26. The van der Waals surface area contributed by atoms with Crippen LogP contribution in [0, 0.1) is 0 Å². The van der Waals surface area contributed by atoms with Gasteiger partial charge in [0, 0.05) is 12.8 Å². The number of carboxylic acids is 1. The molecule has 0 aromatic heterocycles. The summed E-state index contributed by atoms with van der Waals surface area (Å²) in [5.74, 6) is -2.25. The van der Waals surface area contributed by atoms with Crippen molar-refractivity contribution in [1.82, 2.24) is 0 Å². The summed E-state index contributed by atoms with van der Waals surface area (Å²) in [6.45, 7) is 4.81. The molecule has 0 fully saturated rings. The van der Waals surface area contributed by atoms with E-state index in [2.05, 4.69) is 74.6 Å². The van der Waals surface area contributed by atoms with Gasteiger partial charge >= 0.3 is 11.9 Å². The topological polar surface area (TPSA) is 111 Å². The largest absolute Gasteiger partial charge is 0.545 e. The highest BCUT2D eigenvalue weighted by atomic mass is 16.7. The number of quaternary nitrogens is 1. The molecule has 0 aliphatic rings. The van der Waals surface area contributed by atoms with Crippen molar-refractivity contribution >= 4 is 17.9 Å². The molecule has 9 nitrogen and oxygen atoms in total. The van der Waals surface area contributed by atoms with Crippen molar-refractivity contribution in [1.29, 1.82) is 0 Å². The Bertz CT molecular complexity index is 1880. The van der Waals surface area contributed by atoms with Crippen LogP contribution in [0.2, 0.25) is 0 Å². The average molecular weight is 1450 g/mol. The summed E-state index contributed by atoms with van der Waals surface area (Å²) in [5, 5.41) is 11.9. The van der Waals surface area contributed by atoms with E-state index in [0.29, 0.717) is 17.4 Å². The van der Waals surface area contributed by atoms with Crippen LogP contribution in [-0.4, -0.2) is 82.3 Å². The molecule has 0 heterocycles. The number of likely N-dealkylation sites (N-methyl/N-ethyl adjacent to an activating group) is 1. The van der Waals surface area contributed by atoms with E-state index >= 15 is 0 Å². The molecule has 0 aromatic rings. The Labute approximate surface area is 641 Å². The van der Waals surface area contributed by atoms with E-state index in [9.17, 15) is 19.5 Å². The summed E-state index contributed by atoms with van der Waals surface area (Å²) in [6.07, 6.45) is 111. The number of hydrogen-bond acceptors (Lipinski definition) is 8. The number of nitrogens with zero attached hydrogens (tertiary/aromatic N) is 1. The summed E-state index contributed by atoms with van der Waals surface area (Å²) in [7, 11) is 5.96. The molecule has 604 valence electrons. The maximum absolute atomic E-state index is 13.0. The lowest BCUT2D eigenvalue weighted by Crippen LogP contribution is -2.44. The molecule has 0 aliphatic carbocycles. The highest BCUT2D eigenvalue weighted by Crippen LogP contribution is 2.21. The smallest absolute Gasteiger partial charge is 0.306 e. The summed E-state index contributed by atoms with van der Waals surface area (Å²) >= 11 is 0. The van der Waals surface area contributed by atoms with Gasteiger partial charge in [0.2, 0.25) is 0 Å². The van der Waals surface area contributed by atoms with Gasteiger partial charge in [-0.2, -0.15) is 0 Å². The van der Waals surface area contributed by atoms with E-state index in [1.165, 1.54) is 379 Å². The van der Waals surface area contributed by atoms with Crippen LogP contribution >= 0.6 is 0 Å². The van der Waals surface area contributed by atoms with Gasteiger partial charge in [-0.15, -0.1) is 0 Å². The molecule has 0 amide bonds. The zero-order valence-electron chi connectivity index (χ0n) is 69.5. The predicted molar refractivity (Wildman–Crippen MR) is 445 cm³/mol. The quantitative estimate of drug-likeness (QED) is 0.0195. The van der Waals surface area contributed by atoms with E-state index in [-0.39, 0.29) is 32.2 Å². The van der Waals surface area contributed by atoms with Crippen LogP contribution < -0.4 is 5.11 Å². The Morgan fingerprint density at radius 2 is 0.524 bits per heavy atom. The van der Waals surface area contributed by atoms with Crippen LogP contribution in [0.15, 0.2) is 60.8 Å². The van der Waals surface area contributed by atoms with Crippen LogP contribution in [0.3, 0.4) is 0 Å². The van der Waals surface area contributed by atoms with E-state index in [1.807, 2.05) is 21.1 Å². The standard InChI is InChI=1S/C94H175NO8/c1-6-8-10-12-14-16-18-20-22-24-26-28-30-32-34-36-38-40-42-44-45-46-47-49-50-52-54-56-58-60-62-64-66-68-70-72-74-76-78-80-82-84-91(96)101-88-90(89-102-94(93(98)99)100-87-86-95(3,4)5)103-92(97)85-83-81-79-77-75-73-71-69-67-65-63-61-59-57-55-53-51-48-43-41-39-37-35-33-31-29-27-25-23-21-19-17-15-13-11-9-7-2/h18-21,24-27,31,33,90,94H,6-17,22-23,28-30,32,34-89H2,1-5H3/b20-18-,21-19-,26-24-,27-25-,33-31-. The van der Waals surface area contributed by atoms with Gasteiger partial charge in [0.1, 0.15) is 13.2 Å². The molecule has 0 N–H and O–H groups in total. The van der Waals surface area contributed by atoms with Crippen molar-refractivity contribution in [3.05, 3.63) is 60.8 Å². The predicted octanol–water partition coefficient (Wildman–Crippen LogP) is 28.4. The fourth-order valence-electron chi connectivity index (χ4n) is 13.8. The van der Waals surface area contributed by atoms with Gasteiger partial charge in [-0.1, -0.05) is 428 Å². The summed E-state index contributed by atoms with van der Waals surface area (Å²) in [5.41, 5.74) is 0. The molecule has 2 atom stereocenters. The number of rotatable bonds is 86. The van der Waals surface area contributed by atoms with E-state index in [4.69, 9.17) is 18.9 Å². The van der Waals surface area contributed by atoms with E-state index < -0.39 is 24.3 Å². The Hall–Kier alpha value is -3.01. The van der Waals surface area contributed by atoms with Gasteiger partial charge in [-0.3, -0.25) is 9.59 Å². The Morgan fingerprint density at radius 3 is 0.777 bits per heavy atom. The molecule has 2 unspecified atom stereocenters. The van der Waals surface area contributed by atoms with Crippen molar-refractivity contribution < 1.29 is 42.9 Å². The van der Waals surface area contributed by atoms with Gasteiger partial charge in [-0.25, -0.2) is 0 Å². The van der Waals surface area contributed by atoms with E-state index in [1.54, 1.807) is 0 Å². The van der Waals surface area contributed by atoms with E-state index in [0.717, 1.165) is 57.8 Å². The lowest BCUT2D eigenvalue weighted by atomic mass is 10.0. The van der Waals surface area contributed by atoms with Crippen LogP contribution in [0.4, 0.5) is 0 Å². The molecule has 0 bridgehead atoms. The van der Waals surface area contributed by atoms with Gasteiger partial charge < -0.3 is 33.3 Å². The second-order valence-corrected chi connectivity index (χ2v) is 32.2. The molecule has 0 radical (unpaired) electrons. The zero-order valence-corrected chi connectivity index (χ0v) is 69.5. The van der Waals surface area contributed by atoms with Crippen molar-refractivity contribution in [2.24, 2.45) is 0 Å². The van der Waals surface area contributed by atoms with Crippen molar-refractivity contribution in [3.8, 4) is 0 Å². The minimum Gasteiger partial charge on any atom is -0.545 e. The SMILES string of the molecule is CCCCCCC/C=C\C/C=C\C/C=C\CCCCCCCCCCCCCCCCCCCCCCCCC(=O)OC(COC(=O)CCCCCCCCCCCCCCCCCCCCCCCCCCCCCCC/C=C\C/C=C\CCCCCCC)COC(OCC[N+](C)(C)C)C(=O)[O-]. The Kier molecular flexibility index (Phi) is 82.1. The van der Waals surface area contributed by atoms with Crippen LogP contribution in [0.1, 0.15) is 463 Å². The lowest BCUT2D eigenvalue weighted by molar-refractivity contribution is -0.870. The average Bonchev–Trinajstić information content (AvgIpc) is 1.16. The van der Waals surface area contributed by atoms with Crippen LogP contribution in [-0.2, 0) is 33.3 Å². The molecule has 0 spiro atoms. The van der Waals surface area contributed by atoms with Crippen molar-refractivity contribution in [3.63, 3.8) is 0 Å². The first-order valence-corrected chi connectivity index (χ1v) is 45.4. The molecule has 0 aliphatic heterocycles. The van der Waals surface area contributed by atoms with Crippen LogP contribution in [0.5, 0.6) is 0 Å². The van der Waals surface area contributed by atoms with Crippen molar-refractivity contribution in [2.75, 3.05) is 47.5 Å². The first-order valence-electron chi connectivity index (χ1n) is 45.4. The molecule has 9 heteroatoms. The maximum atomic E-state index is 13.0. The second-order valence-electron chi connectivity index (χ2n) is 32.2. The molecule has 0 saturated heterocycles. The Morgan fingerprint density at radius 1 is 0.291 bits per heavy atom.